The molecule has 2 heterocycles. The summed E-state index contributed by atoms with van der Waals surface area (Å²) in [6, 6.07) is 77.3. The highest BCUT2D eigenvalue weighted by Crippen LogP contribution is 2.41. The first-order chi connectivity index (χ1) is 29.1. The minimum atomic E-state index is 1.13. The van der Waals surface area contributed by atoms with Crippen LogP contribution in [0.2, 0.25) is 0 Å². The van der Waals surface area contributed by atoms with Crippen molar-refractivity contribution in [2.75, 3.05) is 4.90 Å². The van der Waals surface area contributed by atoms with Gasteiger partial charge in [0, 0.05) is 50.0 Å². The number of aryl methyl sites for hydroxylation is 2. The van der Waals surface area contributed by atoms with Crippen LogP contribution in [-0.4, -0.2) is 9.13 Å². The molecule has 0 amide bonds. The van der Waals surface area contributed by atoms with Crippen molar-refractivity contribution in [2.45, 2.75) is 13.8 Å². The van der Waals surface area contributed by atoms with E-state index in [1.165, 1.54) is 94.1 Å². The standard InChI is InChI=1S/C56H41N3/c1-38-15-9-12-22-51(38)57(52-23-13-10-16-39(52)2)46-30-25-40(26-31-46)41-27-32-55-49(35-41)50-37-43(29-34-56(50)59(55)45-19-7-4-8-20-45)42-28-33-54-48(36-42)47-21-11-14-24-53(47)58(54)44-17-5-3-6-18-44/h3-37H,1-2H3. The maximum atomic E-state index is 2.40. The van der Waals surface area contributed by atoms with Crippen LogP contribution >= 0.6 is 0 Å². The minimum Gasteiger partial charge on any atom is -0.310 e. The van der Waals surface area contributed by atoms with E-state index in [4.69, 9.17) is 0 Å². The largest absolute Gasteiger partial charge is 0.310 e. The summed E-state index contributed by atoms with van der Waals surface area (Å²) in [6.45, 7) is 4.37. The molecule has 2 aromatic heterocycles. The molecule has 280 valence electrons. The lowest BCUT2D eigenvalue weighted by molar-refractivity contribution is 1.18. The fraction of sp³-hybridized carbons (Fsp3) is 0.0357. The van der Waals surface area contributed by atoms with Gasteiger partial charge in [-0.25, -0.2) is 0 Å². The molecular formula is C56H41N3. The molecule has 3 heteroatoms. The Morgan fingerprint density at radius 2 is 0.678 bits per heavy atom. The van der Waals surface area contributed by atoms with E-state index in [0.29, 0.717) is 0 Å². The second kappa shape index (κ2) is 14.1. The lowest BCUT2D eigenvalue weighted by atomic mass is 9.99. The van der Waals surface area contributed by atoms with E-state index in [1.54, 1.807) is 0 Å². The van der Waals surface area contributed by atoms with Crippen LogP contribution in [-0.2, 0) is 0 Å². The van der Waals surface area contributed by atoms with Crippen LogP contribution in [0.3, 0.4) is 0 Å². The Bertz CT molecular complexity index is 3290. The Morgan fingerprint density at radius 1 is 0.305 bits per heavy atom. The van der Waals surface area contributed by atoms with Crippen LogP contribution in [0.4, 0.5) is 17.1 Å². The Hall–Kier alpha value is -7.62. The summed E-state index contributed by atoms with van der Waals surface area (Å²) in [6.07, 6.45) is 0. The molecule has 0 fully saturated rings. The van der Waals surface area contributed by atoms with Gasteiger partial charge in [-0.15, -0.1) is 0 Å². The molecule has 11 rings (SSSR count). The predicted molar refractivity (Wildman–Crippen MR) is 250 cm³/mol. The zero-order valence-electron chi connectivity index (χ0n) is 33.0. The monoisotopic (exact) mass is 755 g/mol. The molecule has 0 radical (unpaired) electrons. The average molecular weight is 756 g/mol. The normalized spacial score (nSPS) is 11.6. The predicted octanol–water partition coefficient (Wildman–Crippen LogP) is 15.3. The molecule has 0 unspecified atom stereocenters. The number of rotatable bonds is 7. The van der Waals surface area contributed by atoms with E-state index in [2.05, 4.69) is 240 Å². The second-order valence-electron chi connectivity index (χ2n) is 15.5. The van der Waals surface area contributed by atoms with Crippen molar-refractivity contribution in [2.24, 2.45) is 0 Å². The number of benzene rings is 9. The summed E-state index contributed by atoms with van der Waals surface area (Å²) < 4.78 is 4.78. The molecule has 0 N–H and O–H groups in total. The van der Waals surface area contributed by atoms with Gasteiger partial charge in [0.05, 0.1) is 22.1 Å². The molecule has 0 saturated heterocycles. The highest BCUT2D eigenvalue weighted by Gasteiger charge is 2.19. The van der Waals surface area contributed by atoms with Crippen molar-refractivity contribution in [3.8, 4) is 33.6 Å². The molecule has 11 aromatic rings. The number of para-hydroxylation sites is 5. The van der Waals surface area contributed by atoms with Crippen LogP contribution in [0.25, 0.3) is 77.2 Å². The van der Waals surface area contributed by atoms with Gasteiger partial charge in [0.1, 0.15) is 0 Å². The highest BCUT2D eigenvalue weighted by molar-refractivity contribution is 6.13. The third-order valence-electron chi connectivity index (χ3n) is 12.0. The summed E-state index contributed by atoms with van der Waals surface area (Å²) in [7, 11) is 0. The van der Waals surface area contributed by atoms with Crippen molar-refractivity contribution in [3.63, 3.8) is 0 Å². The van der Waals surface area contributed by atoms with Crippen LogP contribution in [0.1, 0.15) is 11.1 Å². The van der Waals surface area contributed by atoms with Crippen molar-refractivity contribution in [1.29, 1.82) is 0 Å². The van der Waals surface area contributed by atoms with Gasteiger partial charge >= 0.3 is 0 Å². The minimum absolute atomic E-state index is 1.13. The van der Waals surface area contributed by atoms with E-state index < -0.39 is 0 Å². The number of anilines is 3. The van der Waals surface area contributed by atoms with Crippen molar-refractivity contribution >= 4 is 60.7 Å². The zero-order chi connectivity index (χ0) is 39.5. The molecule has 9 aromatic carbocycles. The smallest absolute Gasteiger partial charge is 0.0541 e. The van der Waals surface area contributed by atoms with E-state index >= 15 is 0 Å². The van der Waals surface area contributed by atoms with Crippen molar-refractivity contribution in [1.82, 2.24) is 9.13 Å². The van der Waals surface area contributed by atoms with Crippen molar-refractivity contribution in [3.05, 3.63) is 223 Å². The zero-order valence-corrected chi connectivity index (χ0v) is 33.0. The number of fused-ring (bicyclic) bond motifs is 6. The topological polar surface area (TPSA) is 13.1 Å². The number of aromatic nitrogens is 2. The maximum absolute atomic E-state index is 2.40. The van der Waals surface area contributed by atoms with Crippen molar-refractivity contribution < 1.29 is 0 Å². The molecular weight excluding hydrogens is 715 g/mol. The summed E-state index contributed by atoms with van der Waals surface area (Å²) in [5.74, 6) is 0. The average Bonchev–Trinajstić information content (AvgIpc) is 3.80. The fourth-order valence-electron chi connectivity index (χ4n) is 9.08. The Labute approximate surface area is 344 Å². The van der Waals surface area contributed by atoms with E-state index in [1.807, 2.05) is 0 Å². The summed E-state index contributed by atoms with van der Waals surface area (Å²) in [4.78, 5) is 2.38. The highest BCUT2D eigenvalue weighted by atomic mass is 15.1. The number of nitrogens with zero attached hydrogens (tertiary/aromatic N) is 3. The summed E-state index contributed by atoms with van der Waals surface area (Å²) >= 11 is 0. The first kappa shape index (κ1) is 34.6. The molecule has 59 heavy (non-hydrogen) atoms. The summed E-state index contributed by atoms with van der Waals surface area (Å²) in [5, 5.41) is 4.97. The van der Waals surface area contributed by atoms with Gasteiger partial charge in [-0.3, -0.25) is 0 Å². The van der Waals surface area contributed by atoms with Crippen LogP contribution in [0, 0.1) is 13.8 Å². The van der Waals surface area contributed by atoms with Crippen LogP contribution < -0.4 is 4.90 Å². The summed E-state index contributed by atoms with van der Waals surface area (Å²) in [5.41, 5.74) is 17.9. The van der Waals surface area contributed by atoms with Crippen LogP contribution in [0.15, 0.2) is 212 Å². The third kappa shape index (κ3) is 5.82. The Kier molecular flexibility index (Phi) is 8.27. The van der Waals surface area contributed by atoms with Gasteiger partial charge in [0.2, 0.25) is 0 Å². The molecule has 0 aliphatic heterocycles. The van der Waals surface area contributed by atoms with E-state index in [-0.39, 0.29) is 0 Å². The first-order valence-electron chi connectivity index (χ1n) is 20.4. The Balaban J connectivity index is 1.05. The molecule has 3 nitrogen and oxygen atoms in total. The fourth-order valence-corrected chi connectivity index (χ4v) is 9.08. The van der Waals surface area contributed by atoms with Gasteiger partial charge in [-0.05, 0) is 138 Å². The molecule has 0 aliphatic carbocycles. The van der Waals surface area contributed by atoms with Gasteiger partial charge in [-0.1, -0.05) is 121 Å². The molecule has 0 bridgehead atoms. The maximum Gasteiger partial charge on any atom is 0.0541 e. The lowest BCUT2D eigenvalue weighted by Gasteiger charge is -2.28. The second-order valence-corrected chi connectivity index (χ2v) is 15.5. The number of hydrogen-bond donors (Lipinski definition) is 0. The SMILES string of the molecule is Cc1ccccc1N(c1ccc(-c2ccc3c(c2)c2cc(-c4ccc5c(c4)c4ccccc4n5-c4ccccc4)ccc2n3-c2ccccc2)cc1)c1ccccc1C. The van der Waals surface area contributed by atoms with E-state index in [9.17, 15) is 0 Å². The molecule has 0 saturated carbocycles. The first-order valence-corrected chi connectivity index (χ1v) is 20.4. The van der Waals surface area contributed by atoms with Gasteiger partial charge < -0.3 is 14.0 Å². The Morgan fingerprint density at radius 3 is 1.17 bits per heavy atom. The molecule has 0 atom stereocenters. The molecule has 0 spiro atoms. The number of hydrogen-bond acceptors (Lipinski definition) is 1. The quantitative estimate of drug-likeness (QED) is 0.158. The third-order valence-corrected chi connectivity index (χ3v) is 12.0. The van der Waals surface area contributed by atoms with Crippen LogP contribution in [0.5, 0.6) is 0 Å². The molecule has 0 aliphatic rings. The van der Waals surface area contributed by atoms with E-state index in [0.717, 1.165) is 11.4 Å². The lowest BCUT2D eigenvalue weighted by Crippen LogP contribution is -2.12. The van der Waals surface area contributed by atoms with Gasteiger partial charge in [-0.2, -0.15) is 0 Å². The van der Waals surface area contributed by atoms with Gasteiger partial charge in [0.15, 0.2) is 0 Å². The van der Waals surface area contributed by atoms with Gasteiger partial charge in [0.25, 0.3) is 0 Å².